The highest BCUT2D eigenvalue weighted by atomic mass is 16.5. The Kier molecular flexibility index (Phi) is 6.66. The van der Waals surface area contributed by atoms with Gasteiger partial charge >= 0.3 is 0 Å². The molecule has 21 heavy (non-hydrogen) atoms. The van der Waals surface area contributed by atoms with Crippen molar-refractivity contribution in [2.75, 3.05) is 18.5 Å². The Morgan fingerprint density at radius 2 is 1.67 bits per heavy atom. The number of rotatable bonds is 9. The van der Waals surface area contributed by atoms with E-state index in [-0.39, 0.29) is 0 Å². The molecule has 2 heteroatoms. The SMILES string of the molecule is CCCCNc1ccc(OCCCc2ccccc2)cc1. The molecule has 0 saturated carbocycles. The van der Waals surface area contributed by atoms with Crippen LogP contribution in [0.4, 0.5) is 5.69 Å². The lowest BCUT2D eigenvalue weighted by atomic mass is 10.1. The summed E-state index contributed by atoms with van der Waals surface area (Å²) < 4.78 is 5.78. The second-order valence-corrected chi connectivity index (χ2v) is 5.24. The molecular formula is C19H25NO. The second-order valence-electron chi connectivity index (χ2n) is 5.24. The van der Waals surface area contributed by atoms with Gasteiger partial charge in [0.25, 0.3) is 0 Å². The van der Waals surface area contributed by atoms with Gasteiger partial charge in [-0.05, 0) is 49.1 Å². The fraction of sp³-hybridized carbons (Fsp3) is 0.368. The van der Waals surface area contributed by atoms with Crippen molar-refractivity contribution < 1.29 is 4.74 Å². The summed E-state index contributed by atoms with van der Waals surface area (Å²) in [6.07, 6.45) is 4.53. The molecule has 0 aromatic heterocycles. The van der Waals surface area contributed by atoms with Crippen molar-refractivity contribution in [3.8, 4) is 5.75 Å². The minimum absolute atomic E-state index is 0.761. The minimum Gasteiger partial charge on any atom is -0.494 e. The van der Waals surface area contributed by atoms with Gasteiger partial charge in [-0.25, -0.2) is 0 Å². The first-order chi connectivity index (χ1) is 10.4. The number of hydrogen-bond donors (Lipinski definition) is 1. The van der Waals surface area contributed by atoms with Gasteiger partial charge in [-0.3, -0.25) is 0 Å². The van der Waals surface area contributed by atoms with Crippen molar-refractivity contribution in [3.05, 3.63) is 60.2 Å². The molecule has 0 amide bonds. The number of unbranched alkanes of at least 4 members (excludes halogenated alkanes) is 1. The quantitative estimate of drug-likeness (QED) is 0.660. The standard InChI is InChI=1S/C19H25NO/c1-2-3-15-20-18-11-13-19(14-12-18)21-16-7-10-17-8-5-4-6-9-17/h4-6,8-9,11-14,20H,2-3,7,10,15-16H2,1H3. The van der Waals surface area contributed by atoms with Crippen LogP contribution in [0.5, 0.6) is 5.75 Å². The van der Waals surface area contributed by atoms with Crippen LogP contribution in [0.1, 0.15) is 31.7 Å². The van der Waals surface area contributed by atoms with Crippen LogP contribution in [0.3, 0.4) is 0 Å². The van der Waals surface area contributed by atoms with Gasteiger partial charge in [0, 0.05) is 12.2 Å². The fourth-order valence-electron chi connectivity index (χ4n) is 2.19. The molecule has 2 rings (SSSR count). The van der Waals surface area contributed by atoms with Crippen LogP contribution in [0.15, 0.2) is 54.6 Å². The first-order valence-corrected chi connectivity index (χ1v) is 7.89. The van der Waals surface area contributed by atoms with Gasteiger partial charge in [0.1, 0.15) is 5.75 Å². The zero-order valence-corrected chi connectivity index (χ0v) is 12.8. The van der Waals surface area contributed by atoms with E-state index < -0.39 is 0 Å². The Bertz CT molecular complexity index is 493. The third kappa shape index (κ3) is 5.90. The molecule has 1 N–H and O–H groups in total. The number of aryl methyl sites for hydroxylation is 1. The van der Waals surface area contributed by atoms with E-state index in [4.69, 9.17) is 4.74 Å². The van der Waals surface area contributed by atoms with Crippen LogP contribution < -0.4 is 10.1 Å². The fourth-order valence-corrected chi connectivity index (χ4v) is 2.19. The average Bonchev–Trinajstić information content (AvgIpc) is 2.54. The lowest BCUT2D eigenvalue weighted by Gasteiger charge is -2.09. The molecule has 2 aromatic carbocycles. The first-order valence-electron chi connectivity index (χ1n) is 7.89. The topological polar surface area (TPSA) is 21.3 Å². The van der Waals surface area contributed by atoms with E-state index >= 15 is 0 Å². The molecule has 2 aromatic rings. The predicted octanol–water partition coefficient (Wildman–Crippen LogP) is 4.91. The number of hydrogen-bond acceptors (Lipinski definition) is 2. The summed E-state index contributed by atoms with van der Waals surface area (Å²) in [7, 11) is 0. The number of anilines is 1. The summed E-state index contributed by atoms with van der Waals surface area (Å²) in [6, 6.07) is 18.8. The summed E-state index contributed by atoms with van der Waals surface area (Å²) in [5.41, 5.74) is 2.54. The second kappa shape index (κ2) is 9.06. The van der Waals surface area contributed by atoms with Gasteiger partial charge in [-0.2, -0.15) is 0 Å². The lowest BCUT2D eigenvalue weighted by molar-refractivity contribution is 0.311. The lowest BCUT2D eigenvalue weighted by Crippen LogP contribution is -2.01. The molecule has 112 valence electrons. The molecule has 2 nitrogen and oxygen atoms in total. The maximum atomic E-state index is 5.78. The zero-order valence-electron chi connectivity index (χ0n) is 12.8. The van der Waals surface area contributed by atoms with Crippen molar-refractivity contribution in [2.24, 2.45) is 0 Å². The molecular weight excluding hydrogens is 258 g/mol. The summed E-state index contributed by atoms with van der Waals surface area (Å²) >= 11 is 0. The van der Waals surface area contributed by atoms with E-state index in [9.17, 15) is 0 Å². The van der Waals surface area contributed by atoms with E-state index in [2.05, 4.69) is 54.7 Å². The van der Waals surface area contributed by atoms with Crippen LogP contribution in [-0.4, -0.2) is 13.2 Å². The van der Waals surface area contributed by atoms with E-state index in [1.165, 1.54) is 24.1 Å². The molecule has 0 fully saturated rings. The highest BCUT2D eigenvalue weighted by molar-refractivity contribution is 5.46. The monoisotopic (exact) mass is 283 g/mol. The van der Waals surface area contributed by atoms with Gasteiger partial charge in [0.05, 0.1) is 6.61 Å². The molecule has 0 spiro atoms. The van der Waals surface area contributed by atoms with Crippen molar-refractivity contribution >= 4 is 5.69 Å². The van der Waals surface area contributed by atoms with Gasteiger partial charge in [-0.15, -0.1) is 0 Å². The third-order valence-electron chi connectivity index (χ3n) is 3.44. The molecule has 0 aliphatic heterocycles. The maximum Gasteiger partial charge on any atom is 0.119 e. The smallest absolute Gasteiger partial charge is 0.119 e. The maximum absolute atomic E-state index is 5.78. The van der Waals surface area contributed by atoms with Crippen LogP contribution in [0.2, 0.25) is 0 Å². The largest absolute Gasteiger partial charge is 0.494 e. The molecule has 0 bridgehead atoms. The molecule has 0 unspecified atom stereocenters. The van der Waals surface area contributed by atoms with Crippen LogP contribution >= 0.6 is 0 Å². The zero-order chi connectivity index (χ0) is 14.8. The molecule has 0 saturated heterocycles. The number of nitrogens with one attached hydrogen (secondary N) is 1. The summed E-state index contributed by atoms with van der Waals surface area (Å²) in [5.74, 6) is 0.948. The van der Waals surface area contributed by atoms with E-state index in [1.807, 2.05) is 12.1 Å². The third-order valence-corrected chi connectivity index (χ3v) is 3.44. The Balaban J connectivity index is 1.66. The first kappa shape index (κ1) is 15.4. The Labute approximate surface area is 128 Å². The van der Waals surface area contributed by atoms with E-state index in [0.29, 0.717) is 0 Å². The highest BCUT2D eigenvalue weighted by Gasteiger charge is 1.96. The normalized spacial score (nSPS) is 10.3. The Morgan fingerprint density at radius 1 is 0.905 bits per heavy atom. The van der Waals surface area contributed by atoms with Crippen molar-refractivity contribution in [3.63, 3.8) is 0 Å². The molecule has 0 radical (unpaired) electrons. The van der Waals surface area contributed by atoms with Gasteiger partial charge in [0.2, 0.25) is 0 Å². The van der Waals surface area contributed by atoms with Crippen LogP contribution in [0, 0.1) is 0 Å². The van der Waals surface area contributed by atoms with Crippen LogP contribution in [-0.2, 0) is 6.42 Å². The summed E-state index contributed by atoms with van der Waals surface area (Å²) in [4.78, 5) is 0. The molecule has 0 aliphatic rings. The van der Waals surface area contributed by atoms with Crippen molar-refractivity contribution in [1.82, 2.24) is 0 Å². The van der Waals surface area contributed by atoms with Crippen molar-refractivity contribution in [1.29, 1.82) is 0 Å². The minimum atomic E-state index is 0.761. The predicted molar refractivity (Wildman–Crippen MR) is 90.1 cm³/mol. The molecule has 0 heterocycles. The van der Waals surface area contributed by atoms with Gasteiger partial charge in [-0.1, -0.05) is 43.7 Å². The summed E-state index contributed by atoms with van der Waals surface area (Å²) in [5, 5.41) is 3.41. The van der Waals surface area contributed by atoms with E-state index in [0.717, 1.165) is 31.7 Å². The highest BCUT2D eigenvalue weighted by Crippen LogP contribution is 2.16. The molecule has 0 aliphatic carbocycles. The van der Waals surface area contributed by atoms with E-state index in [1.54, 1.807) is 0 Å². The molecule has 0 atom stereocenters. The number of benzene rings is 2. The van der Waals surface area contributed by atoms with Gasteiger partial charge < -0.3 is 10.1 Å². The average molecular weight is 283 g/mol. The Morgan fingerprint density at radius 3 is 2.38 bits per heavy atom. The van der Waals surface area contributed by atoms with Crippen molar-refractivity contribution in [2.45, 2.75) is 32.6 Å². The summed E-state index contributed by atoms with van der Waals surface area (Å²) in [6.45, 7) is 4.00. The Hall–Kier alpha value is -1.96. The van der Waals surface area contributed by atoms with Crippen LogP contribution in [0.25, 0.3) is 0 Å². The van der Waals surface area contributed by atoms with Gasteiger partial charge in [0.15, 0.2) is 0 Å². The number of ether oxygens (including phenoxy) is 1.